The summed E-state index contributed by atoms with van der Waals surface area (Å²) in [6, 6.07) is 10.9. The number of hydrogen-bond donors (Lipinski definition) is 1. The van der Waals surface area contributed by atoms with Crippen molar-refractivity contribution in [2.75, 3.05) is 36.5 Å². The highest BCUT2D eigenvalue weighted by Crippen LogP contribution is 2.33. The molecule has 1 aromatic carbocycles. The molecule has 5 rings (SSSR count). The second kappa shape index (κ2) is 8.62. The number of halogens is 3. The predicted octanol–water partition coefficient (Wildman–Crippen LogP) is 4.11. The molecule has 166 valence electrons. The van der Waals surface area contributed by atoms with E-state index in [0.29, 0.717) is 29.0 Å². The normalized spacial score (nSPS) is 19.9. The van der Waals surface area contributed by atoms with E-state index in [1.54, 1.807) is 24.3 Å². The topological polar surface area (TPSA) is 72.4 Å². The number of alkyl halides is 2. The van der Waals surface area contributed by atoms with Gasteiger partial charge in [0.05, 0.1) is 19.4 Å². The Kier molecular flexibility index (Phi) is 5.52. The summed E-state index contributed by atoms with van der Waals surface area (Å²) in [4.78, 5) is 6.61. The minimum Gasteiger partial charge on any atom is -0.435 e. The van der Waals surface area contributed by atoms with E-state index in [-0.39, 0.29) is 11.6 Å². The van der Waals surface area contributed by atoms with Gasteiger partial charge in [-0.3, -0.25) is 0 Å². The van der Waals surface area contributed by atoms with Crippen LogP contribution in [0, 0.1) is 17.7 Å². The van der Waals surface area contributed by atoms with Crippen LogP contribution in [0.4, 0.5) is 30.6 Å². The molecule has 0 amide bonds. The van der Waals surface area contributed by atoms with Crippen LogP contribution in [0.5, 0.6) is 5.75 Å². The maximum absolute atomic E-state index is 14.5. The molecule has 0 saturated carbocycles. The smallest absolute Gasteiger partial charge is 0.387 e. The lowest BCUT2D eigenvalue weighted by Crippen LogP contribution is -2.23. The number of nitrogens with zero attached hydrogens (tertiary/aromatic N) is 4. The van der Waals surface area contributed by atoms with Crippen LogP contribution < -0.4 is 15.0 Å². The van der Waals surface area contributed by atoms with Crippen LogP contribution in [-0.2, 0) is 4.74 Å². The quantitative estimate of drug-likeness (QED) is 0.615. The van der Waals surface area contributed by atoms with Gasteiger partial charge in [0.15, 0.2) is 17.5 Å². The Labute approximate surface area is 182 Å². The Morgan fingerprint density at radius 1 is 1.03 bits per heavy atom. The monoisotopic (exact) mass is 443 g/mol. The zero-order valence-corrected chi connectivity index (χ0v) is 16.9. The summed E-state index contributed by atoms with van der Waals surface area (Å²) in [5.74, 6) is 1.59. The molecule has 2 fully saturated rings. The first kappa shape index (κ1) is 20.5. The summed E-state index contributed by atoms with van der Waals surface area (Å²) in [7, 11) is 0. The van der Waals surface area contributed by atoms with Gasteiger partial charge in [0.25, 0.3) is 0 Å². The molecule has 2 unspecified atom stereocenters. The maximum atomic E-state index is 14.5. The number of anilines is 3. The molecule has 2 aliphatic heterocycles. The summed E-state index contributed by atoms with van der Waals surface area (Å²) in [5, 5.41) is 10.9. The fourth-order valence-electron chi connectivity index (χ4n) is 4.11. The highest BCUT2D eigenvalue weighted by Gasteiger charge is 2.37. The van der Waals surface area contributed by atoms with E-state index in [9.17, 15) is 13.2 Å². The van der Waals surface area contributed by atoms with Gasteiger partial charge in [0.1, 0.15) is 11.6 Å². The molecular formula is C22H20F3N5O2. The second-order valence-electron chi connectivity index (χ2n) is 7.82. The number of pyridine rings is 1. The highest BCUT2D eigenvalue weighted by atomic mass is 19.3. The van der Waals surface area contributed by atoms with Crippen molar-refractivity contribution in [3.63, 3.8) is 0 Å². The van der Waals surface area contributed by atoms with Crippen molar-refractivity contribution in [1.29, 1.82) is 0 Å². The molecule has 0 spiro atoms. The van der Waals surface area contributed by atoms with Gasteiger partial charge in [0, 0.05) is 30.5 Å². The molecule has 1 N–H and O–H groups in total. The van der Waals surface area contributed by atoms with Crippen LogP contribution in [0.3, 0.4) is 0 Å². The van der Waals surface area contributed by atoms with Crippen LogP contribution in [0.2, 0.25) is 0 Å². The molecule has 2 aliphatic rings. The van der Waals surface area contributed by atoms with Crippen molar-refractivity contribution in [3.05, 3.63) is 54.5 Å². The largest absolute Gasteiger partial charge is 0.435 e. The van der Waals surface area contributed by atoms with E-state index in [1.807, 2.05) is 0 Å². The molecule has 7 nitrogen and oxygen atoms in total. The fourth-order valence-corrected chi connectivity index (χ4v) is 4.11. The number of fused-ring (bicyclic) bond motifs is 1. The van der Waals surface area contributed by atoms with Crippen molar-refractivity contribution in [3.8, 4) is 16.9 Å². The first-order valence-electron chi connectivity index (χ1n) is 10.2. The molecule has 0 aliphatic carbocycles. The summed E-state index contributed by atoms with van der Waals surface area (Å²) in [6.45, 7) is 0.300. The Morgan fingerprint density at radius 2 is 1.78 bits per heavy atom. The zero-order chi connectivity index (χ0) is 22.1. The maximum Gasteiger partial charge on any atom is 0.387 e. The molecule has 2 aromatic heterocycles. The van der Waals surface area contributed by atoms with Crippen LogP contribution in [0.15, 0.2) is 48.7 Å². The summed E-state index contributed by atoms with van der Waals surface area (Å²) < 4.78 is 49.0. The van der Waals surface area contributed by atoms with Gasteiger partial charge < -0.3 is 19.7 Å². The van der Waals surface area contributed by atoms with Crippen LogP contribution >= 0.6 is 0 Å². The number of rotatable bonds is 6. The van der Waals surface area contributed by atoms with Gasteiger partial charge in [0.2, 0.25) is 0 Å². The third-order valence-corrected chi connectivity index (χ3v) is 5.71. The van der Waals surface area contributed by atoms with E-state index >= 15 is 0 Å². The number of nitrogens with one attached hydrogen (secondary N) is 1. The molecule has 3 aromatic rings. The SMILES string of the molecule is Fc1ccc(N2CC3COCC3C2)nc1Nc1cc(-c2ccc(OC(F)F)cc2)cnn1. The Morgan fingerprint density at radius 3 is 2.50 bits per heavy atom. The van der Waals surface area contributed by atoms with Crippen molar-refractivity contribution < 1.29 is 22.6 Å². The summed E-state index contributed by atoms with van der Waals surface area (Å²) >= 11 is 0. The van der Waals surface area contributed by atoms with Crippen LogP contribution in [0.1, 0.15) is 0 Å². The minimum absolute atomic E-state index is 0.0583. The number of ether oxygens (including phenoxy) is 2. The van der Waals surface area contributed by atoms with Gasteiger partial charge in [-0.25, -0.2) is 9.37 Å². The van der Waals surface area contributed by atoms with E-state index in [4.69, 9.17) is 4.74 Å². The lowest BCUT2D eigenvalue weighted by Gasteiger charge is -2.19. The molecule has 2 atom stereocenters. The lowest BCUT2D eigenvalue weighted by atomic mass is 10.0. The first-order chi connectivity index (χ1) is 15.5. The van der Waals surface area contributed by atoms with Crippen molar-refractivity contribution >= 4 is 17.5 Å². The molecule has 2 saturated heterocycles. The van der Waals surface area contributed by atoms with Gasteiger partial charge in [-0.05, 0) is 35.9 Å². The van der Waals surface area contributed by atoms with E-state index in [1.165, 1.54) is 24.4 Å². The molecule has 10 heteroatoms. The molecule has 0 bridgehead atoms. The zero-order valence-electron chi connectivity index (χ0n) is 16.9. The van der Waals surface area contributed by atoms with Crippen LogP contribution in [0.25, 0.3) is 11.1 Å². The van der Waals surface area contributed by atoms with Crippen LogP contribution in [-0.4, -0.2) is 48.1 Å². The number of benzene rings is 1. The Hall–Kier alpha value is -3.40. The third-order valence-electron chi connectivity index (χ3n) is 5.71. The van der Waals surface area contributed by atoms with E-state index in [0.717, 1.165) is 31.9 Å². The van der Waals surface area contributed by atoms with Crippen molar-refractivity contribution in [2.45, 2.75) is 6.61 Å². The number of hydrogen-bond acceptors (Lipinski definition) is 7. The third kappa shape index (κ3) is 4.31. The summed E-state index contributed by atoms with van der Waals surface area (Å²) in [6.07, 6.45) is 1.53. The van der Waals surface area contributed by atoms with Gasteiger partial charge in [-0.2, -0.15) is 13.9 Å². The molecule has 0 radical (unpaired) electrons. The average molecular weight is 443 g/mol. The number of aromatic nitrogens is 3. The fraction of sp³-hybridized carbons (Fsp3) is 0.318. The standard InChI is InChI=1S/C22H20F3N5O2/c23-18-5-6-20(30-9-15-11-31-12-16(15)10-30)28-21(18)27-19-7-14(8-26-29-19)13-1-3-17(4-2-13)32-22(24)25/h1-8,15-16,22H,9-12H2,(H,27,28,29). The van der Waals surface area contributed by atoms with Gasteiger partial charge in [-0.1, -0.05) is 12.1 Å². The molecular weight excluding hydrogens is 423 g/mol. The Balaban J connectivity index is 1.33. The molecule has 32 heavy (non-hydrogen) atoms. The Bertz CT molecular complexity index is 1090. The second-order valence-corrected chi connectivity index (χ2v) is 7.82. The average Bonchev–Trinajstić information content (AvgIpc) is 3.38. The van der Waals surface area contributed by atoms with Gasteiger partial charge in [-0.15, -0.1) is 5.10 Å². The first-order valence-corrected chi connectivity index (χ1v) is 10.2. The van der Waals surface area contributed by atoms with E-state index < -0.39 is 12.4 Å². The van der Waals surface area contributed by atoms with Gasteiger partial charge >= 0.3 is 6.61 Å². The lowest BCUT2D eigenvalue weighted by molar-refractivity contribution is -0.0498. The summed E-state index contributed by atoms with van der Waals surface area (Å²) in [5.41, 5.74) is 1.40. The highest BCUT2D eigenvalue weighted by molar-refractivity contribution is 5.68. The van der Waals surface area contributed by atoms with E-state index in [2.05, 4.69) is 30.1 Å². The molecule has 4 heterocycles. The van der Waals surface area contributed by atoms with Crippen molar-refractivity contribution in [2.24, 2.45) is 11.8 Å². The van der Waals surface area contributed by atoms with Crippen molar-refractivity contribution in [1.82, 2.24) is 15.2 Å². The predicted molar refractivity (Wildman–Crippen MR) is 112 cm³/mol. The minimum atomic E-state index is -2.88.